The van der Waals surface area contributed by atoms with Crippen molar-refractivity contribution in [3.63, 3.8) is 0 Å². The lowest BCUT2D eigenvalue weighted by Gasteiger charge is -2.18. The first-order chi connectivity index (χ1) is 11.7. The molecule has 1 aliphatic heterocycles. The molecule has 3 atom stereocenters. The van der Waals surface area contributed by atoms with Crippen molar-refractivity contribution in [2.45, 2.75) is 44.1 Å². The van der Waals surface area contributed by atoms with Crippen molar-refractivity contribution in [1.29, 1.82) is 0 Å². The van der Waals surface area contributed by atoms with Crippen LogP contribution in [0.4, 0.5) is 0 Å². The van der Waals surface area contributed by atoms with Gasteiger partial charge < -0.3 is 4.74 Å². The van der Waals surface area contributed by atoms with Gasteiger partial charge in [0.1, 0.15) is 17.1 Å². The standard InChI is InChI=1S/C20H22BrNO2S/c1-14(22-25(23)19(2,3)4)20(16-8-6-5-7-9-16)18(24-20)15-10-12-17(21)13-11-15/h5-13,18H,1-4H3/b22-14+/t18-,20+,25?/m1/s1. The van der Waals surface area contributed by atoms with E-state index in [1.54, 1.807) is 0 Å². The Kier molecular flexibility index (Phi) is 5.02. The smallest absolute Gasteiger partial charge is 0.163 e. The maximum absolute atomic E-state index is 12.5. The molecule has 3 rings (SSSR count). The van der Waals surface area contributed by atoms with Crippen LogP contribution in [-0.4, -0.2) is 14.7 Å². The maximum Gasteiger partial charge on any atom is 0.163 e. The summed E-state index contributed by atoms with van der Waals surface area (Å²) in [6, 6.07) is 18.2. The molecule has 1 heterocycles. The molecule has 0 saturated carbocycles. The number of hydrogen-bond acceptors (Lipinski definition) is 2. The fourth-order valence-corrected chi connectivity index (χ4v) is 3.73. The van der Waals surface area contributed by atoms with Gasteiger partial charge in [-0.2, -0.15) is 4.40 Å². The van der Waals surface area contributed by atoms with Crippen LogP contribution < -0.4 is 0 Å². The Labute approximate surface area is 160 Å². The van der Waals surface area contributed by atoms with Gasteiger partial charge in [-0.15, -0.1) is 0 Å². The molecule has 25 heavy (non-hydrogen) atoms. The van der Waals surface area contributed by atoms with E-state index in [0.29, 0.717) is 0 Å². The number of epoxide rings is 1. The summed E-state index contributed by atoms with van der Waals surface area (Å²) in [4.78, 5) is 0. The van der Waals surface area contributed by atoms with E-state index in [4.69, 9.17) is 4.74 Å². The van der Waals surface area contributed by atoms with Gasteiger partial charge in [-0.05, 0) is 51.0 Å². The first-order valence-electron chi connectivity index (χ1n) is 8.22. The molecular formula is C20H22BrNO2S. The summed E-state index contributed by atoms with van der Waals surface area (Å²) in [5, 5.41) is 0. The summed E-state index contributed by atoms with van der Waals surface area (Å²) in [7, 11) is -1.32. The van der Waals surface area contributed by atoms with Crippen molar-refractivity contribution in [2.24, 2.45) is 4.40 Å². The third-order valence-corrected chi connectivity index (χ3v) is 6.29. The molecular weight excluding hydrogens is 398 g/mol. The van der Waals surface area contributed by atoms with E-state index in [1.807, 2.05) is 82.3 Å². The van der Waals surface area contributed by atoms with Crippen LogP contribution in [0.2, 0.25) is 0 Å². The molecule has 2 aromatic carbocycles. The Morgan fingerprint density at radius 2 is 1.72 bits per heavy atom. The van der Waals surface area contributed by atoms with Crippen LogP contribution in [0.15, 0.2) is 63.5 Å². The van der Waals surface area contributed by atoms with Crippen molar-refractivity contribution in [1.82, 2.24) is 0 Å². The SMILES string of the molecule is C/C(=N\S(=O)C(C)(C)C)[C@@]1(c2ccccc2)O[C@@H]1c1ccc(Br)cc1. The van der Waals surface area contributed by atoms with Gasteiger partial charge in [-0.25, -0.2) is 4.21 Å². The predicted octanol–water partition coefficient (Wildman–Crippen LogP) is 5.34. The molecule has 1 saturated heterocycles. The zero-order valence-electron chi connectivity index (χ0n) is 14.8. The van der Waals surface area contributed by atoms with E-state index in [9.17, 15) is 4.21 Å². The van der Waals surface area contributed by atoms with E-state index in [1.165, 1.54) is 0 Å². The second-order valence-corrected chi connectivity index (χ2v) is 10.0. The summed E-state index contributed by atoms with van der Waals surface area (Å²) in [5.41, 5.74) is 2.23. The van der Waals surface area contributed by atoms with Gasteiger partial charge >= 0.3 is 0 Å². The quantitative estimate of drug-likeness (QED) is 0.495. The highest BCUT2D eigenvalue weighted by molar-refractivity contribution is 9.10. The topological polar surface area (TPSA) is 42.0 Å². The van der Waals surface area contributed by atoms with Crippen molar-refractivity contribution >= 4 is 32.6 Å². The molecule has 0 aliphatic carbocycles. The molecule has 0 bridgehead atoms. The third-order valence-electron chi connectivity index (χ3n) is 4.27. The largest absolute Gasteiger partial charge is 0.349 e. The minimum atomic E-state index is -1.32. The fourth-order valence-electron chi connectivity index (χ4n) is 2.81. The molecule has 1 fully saturated rings. The van der Waals surface area contributed by atoms with Crippen LogP contribution in [0.25, 0.3) is 0 Å². The number of ether oxygens (including phenoxy) is 1. The molecule has 0 radical (unpaired) electrons. The summed E-state index contributed by atoms with van der Waals surface area (Å²) in [6.45, 7) is 7.69. The molecule has 1 unspecified atom stereocenters. The van der Waals surface area contributed by atoms with Gasteiger partial charge in [0.2, 0.25) is 0 Å². The molecule has 132 valence electrons. The third kappa shape index (κ3) is 3.64. The molecule has 1 aliphatic rings. The molecule has 2 aromatic rings. The Bertz CT molecular complexity index is 812. The van der Waals surface area contributed by atoms with Gasteiger partial charge in [-0.3, -0.25) is 0 Å². The van der Waals surface area contributed by atoms with E-state index in [0.717, 1.165) is 21.3 Å². The van der Waals surface area contributed by atoms with Gasteiger partial charge in [0.25, 0.3) is 0 Å². The van der Waals surface area contributed by atoms with Crippen LogP contribution >= 0.6 is 15.9 Å². The Balaban J connectivity index is 2.03. The Hall–Kier alpha value is -1.30. The van der Waals surface area contributed by atoms with Crippen molar-refractivity contribution < 1.29 is 8.95 Å². The van der Waals surface area contributed by atoms with Crippen LogP contribution in [0.1, 0.15) is 44.9 Å². The first-order valence-corrected chi connectivity index (χ1v) is 10.1. The van der Waals surface area contributed by atoms with E-state index >= 15 is 0 Å². The minimum absolute atomic E-state index is 0.122. The number of halogens is 1. The average Bonchev–Trinajstić information content (AvgIpc) is 3.32. The molecule has 0 aromatic heterocycles. The normalized spacial score (nSPS) is 24.8. The van der Waals surface area contributed by atoms with Gasteiger partial charge in [-0.1, -0.05) is 58.4 Å². The lowest BCUT2D eigenvalue weighted by Crippen LogP contribution is -2.25. The zero-order valence-corrected chi connectivity index (χ0v) is 17.2. The molecule has 0 spiro atoms. The van der Waals surface area contributed by atoms with Crippen LogP contribution in [-0.2, 0) is 21.3 Å². The van der Waals surface area contributed by atoms with Crippen LogP contribution in [0.3, 0.4) is 0 Å². The van der Waals surface area contributed by atoms with E-state index in [-0.39, 0.29) is 6.10 Å². The van der Waals surface area contributed by atoms with Gasteiger partial charge in [0.05, 0.1) is 10.5 Å². The van der Waals surface area contributed by atoms with Gasteiger partial charge in [0, 0.05) is 4.47 Å². The highest BCUT2D eigenvalue weighted by atomic mass is 79.9. The summed E-state index contributed by atoms with van der Waals surface area (Å²) < 4.78 is 23.9. The van der Waals surface area contributed by atoms with E-state index in [2.05, 4.69) is 20.3 Å². The van der Waals surface area contributed by atoms with E-state index < -0.39 is 21.3 Å². The number of rotatable bonds is 4. The van der Waals surface area contributed by atoms with Crippen LogP contribution in [0, 0.1) is 0 Å². The average molecular weight is 420 g/mol. The summed E-state index contributed by atoms with van der Waals surface area (Å²) in [6.07, 6.45) is -0.122. The maximum atomic E-state index is 12.5. The van der Waals surface area contributed by atoms with Crippen molar-refractivity contribution in [2.75, 3.05) is 0 Å². The lowest BCUT2D eigenvalue weighted by molar-refractivity contribution is 0.347. The number of benzene rings is 2. The second-order valence-electron chi connectivity index (χ2n) is 7.19. The summed E-state index contributed by atoms with van der Waals surface area (Å²) in [5.74, 6) is 0. The molecule has 0 amide bonds. The van der Waals surface area contributed by atoms with Crippen molar-refractivity contribution in [3.8, 4) is 0 Å². The highest BCUT2D eigenvalue weighted by Crippen LogP contribution is 2.58. The summed E-state index contributed by atoms with van der Waals surface area (Å²) >= 11 is 3.47. The Morgan fingerprint density at radius 3 is 2.28 bits per heavy atom. The van der Waals surface area contributed by atoms with Crippen LogP contribution in [0.5, 0.6) is 0 Å². The highest BCUT2D eigenvalue weighted by Gasteiger charge is 2.61. The first kappa shape index (κ1) is 18.5. The molecule has 5 heteroatoms. The second kappa shape index (κ2) is 6.78. The van der Waals surface area contributed by atoms with Gasteiger partial charge in [0.15, 0.2) is 5.60 Å². The monoisotopic (exact) mass is 419 g/mol. The predicted molar refractivity (Wildman–Crippen MR) is 107 cm³/mol. The van der Waals surface area contributed by atoms with Crippen molar-refractivity contribution in [3.05, 3.63) is 70.2 Å². The number of nitrogens with zero attached hydrogens (tertiary/aromatic N) is 1. The number of hydrogen-bond donors (Lipinski definition) is 0. The lowest BCUT2D eigenvalue weighted by atomic mass is 9.88. The Morgan fingerprint density at radius 1 is 1.12 bits per heavy atom. The zero-order chi connectivity index (χ0) is 18.2. The fraction of sp³-hybridized carbons (Fsp3) is 0.350. The molecule has 3 nitrogen and oxygen atoms in total. The molecule has 0 N–H and O–H groups in total. The minimum Gasteiger partial charge on any atom is -0.349 e.